The number of aliphatic carboxylic acids is 1. The summed E-state index contributed by atoms with van der Waals surface area (Å²) in [6.07, 6.45) is 5.51. The van der Waals surface area contributed by atoms with Crippen molar-refractivity contribution >= 4 is 18.4 Å². The molecular weight excluding hydrogens is 202 g/mol. The van der Waals surface area contributed by atoms with Crippen LogP contribution in [0.2, 0.25) is 0 Å². The fourth-order valence-corrected chi connectivity index (χ4v) is 2.16. The van der Waals surface area contributed by atoms with Crippen molar-refractivity contribution in [3.05, 3.63) is 0 Å². The Morgan fingerprint density at radius 3 is 2.29 bits per heavy atom. The Bertz CT molecular complexity index is 179. The van der Waals surface area contributed by atoms with E-state index in [2.05, 4.69) is 6.92 Å². The van der Waals surface area contributed by atoms with E-state index < -0.39 is 12.0 Å². The molecule has 0 spiro atoms. The van der Waals surface area contributed by atoms with Gasteiger partial charge in [0.25, 0.3) is 0 Å². The number of halogens is 1. The number of nitrogens with two attached hydrogens (primary N) is 1. The molecule has 1 rings (SSSR count). The second-order valence-electron chi connectivity index (χ2n) is 4.05. The Hall–Kier alpha value is -0.280. The predicted octanol–water partition coefficient (Wildman–Crippen LogP) is 2.04. The van der Waals surface area contributed by atoms with E-state index in [1.807, 2.05) is 0 Å². The molecule has 3 nitrogen and oxygen atoms in total. The van der Waals surface area contributed by atoms with Crippen LogP contribution in [-0.4, -0.2) is 17.1 Å². The first-order valence-corrected chi connectivity index (χ1v) is 5.13. The number of carboxylic acids is 1. The molecule has 0 aromatic heterocycles. The highest BCUT2D eigenvalue weighted by Crippen LogP contribution is 2.31. The van der Waals surface area contributed by atoms with Gasteiger partial charge in [-0.1, -0.05) is 26.2 Å². The van der Waals surface area contributed by atoms with Gasteiger partial charge in [-0.25, -0.2) is 0 Å². The van der Waals surface area contributed by atoms with E-state index in [-0.39, 0.29) is 18.3 Å². The molecule has 14 heavy (non-hydrogen) atoms. The number of carbonyl (C=O) groups is 1. The summed E-state index contributed by atoms with van der Waals surface area (Å²) in [6.45, 7) is 2.20. The standard InChI is InChI=1S/C10H19NO2.ClH/c1-2-7-3-5-8(6-4-7)9(11)10(12)13;/h7-9H,2-6,11H2,1H3,(H,12,13);1H. The Kier molecular flexibility index (Phi) is 6.12. The van der Waals surface area contributed by atoms with Crippen molar-refractivity contribution in [1.29, 1.82) is 0 Å². The lowest BCUT2D eigenvalue weighted by atomic mass is 9.78. The molecule has 0 aromatic carbocycles. The summed E-state index contributed by atoms with van der Waals surface area (Å²) in [6, 6.07) is -0.641. The van der Waals surface area contributed by atoms with Gasteiger partial charge < -0.3 is 10.8 Å². The minimum atomic E-state index is -0.847. The highest BCUT2D eigenvalue weighted by Gasteiger charge is 2.28. The second kappa shape index (κ2) is 6.25. The fourth-order valence-electron chi connectivity index (χ4n) is 2.16. The molecule has 0 heterocycles. The zero-order valence-electron chi connectivity index (χ0n) is 8.61. The van der Waals surface area contributed by atoms with E-state index in [9.17, 15) is 4.79 Å². The van der Waals surface area contributed by atoms with E-state index in [1.165, 1.54) is 6.42 Å². The minimum Gasteiger partial charge on any atom is -0.480 e. The lowest BCUT2D eigenvalue weighted by molar-refractivity contribution is -0.140. The van der Waals surface area contributed by atoms with Crippen molar-refractivity contribution in [2.75, 3.05) is 0 Å². The van der Waals surface area contributed by atoms with Crippen LogP contribution in [0.3, 0.4) is 0 Å². The third kappa shape index (κ3) is 3.46. The molecule has 0 bridgehead atoms. The highest BCUT2D eigenvalue weighted by atomic mass is 35.5. The van der Waals surface area contributed by atoms with Crippen LogP contribution in [0.1, 0.15) is 39.0 Å². The van der Waals surface area contributed by atoms with Gasteiger partial charge in [0.15, 0.2) is 0 Å². The van der Waals surface area contributed by atoms with Crippen LogP contribution in [0.25, 0.3) is 0 Å². The largest absolute Gasteiger partial charge is 0.480 e. The van der Waals surface area contributed by atoms with Gasteiger partial charge in [0, 0.05) is 0 Å². The van der Waals surface area contributed by atoms with Crippen molar-refractivity contribution in [3.8, 4) is 0 Å². The third-order valence-electron chi connectivity index (χ3n) is 3.26. The van der Waals surface area contributed by atoms with E-state index in [0.29, 0.717) is 0 Å². The number of carboxylic acid groups (broad SMARTS) is 1. The molecule has 1 fully saturated rings. The van der Waals surface area contributed by atoms with E-state index in [1.54, 1.807) is 0 Å². The Morgan fingerprint density at radius 2 is 1.93 bits per heavy atom. The van der Waals surface area contributed by atoms with Gasteiger partial charge in [-0.2, -0.15) is 0 Å². The molecule has 84 valence electrons. The number of hydrogen-bond acceptors (Lipinski definition) is 2. The van der Waals surface area contributed by atoms with Crippen molar-refractivity contribution < 1.29 is 9.90 Å². The molecule has 1 aliphatic rings. The number of hydrogen-bond donors (Lipinski definition) is 2. The molecule has 3 N–H and O–H groups in total. The molecule has 0 aromatic rings. The summed E-state index contributed by atoms with van der Waals surface area (Å²) in [5.74, 6) is 0.164. The molecule has 0 radical (unpaired) electrons. The zero-order chi connectivity index (χ0) is 9.84. The second-order valence-corrected chi connectivity index (χ2v) is 4.05. The lowest BCUT2D eigenvalue weighted by Gasteiger charge is -2.29. The lowest BCUT2D eigenvalue weighted by Crippen LogP contribution is -2.39. The van der Waals surface area contributed by atoms with Crippen LogP contribution in [0.15, 0.2) is 0 Å². The summed E-state index contributed by atoms with van der Waals surface area (Å²) in [5.41, 5.74) is 5.58. The van der Waals surface area contributed by atoms with E-state index >= 15 is 0 Å². The maximum Gasteiger partial charge on any atom is 0.320 e. The first-order valence-electron chi connectivity index (χ1n) is 5.13. The molecule has 1 saturated carbocycles. The van der Waals surface area contributed by atoms with Gasteiger partial charge in [-0.05, 0) is 24.7 Å². The molecule has 1 unspecified atom stereocenters. The molecule has 0 amide bonds. The average Bonchev–Trinajstić information content (AvgIpc) is 2.17. The van der Waals surface area contributed by atoms with Gasteiger partial charge in [0.1, 0.15) is 6.04 Å². The average molecular weight is 222 g/mol. The van der Waals surface area contributed by atoms with Gasteiger partial charge in [-0.3, -0.25) is 4.79 Å². The molecule has 0 aliphatic heterocycles. The normalized spacial score (nSPS) is 29.0. The summed E-state index contributed by atoms with van der Waals surface area (Å²) in [4.78, 5) is 10.6. The van der Waals surface area contributed by atoms with Crippen LogP contribution in [0, 0.1) is 11.8 Å². The summed E-state index contributed by atoms with van der Waals surface area (Å²) >= 11 is 0. The monoisotopic (exact) mass is 221 g/mol. The fraction of sp³-hybridized carbons (Fsp3) is 0.900. The molecule has 1 atom stereocenters. The first kappa shape index (κ1) is 13.7. The molecule has 4 heteroatoms. The van der Waals surface area contributed by atoms with E-state index in [0.717, 1.165) is 31.6 Å². The Morgan fingerprint density at radius 1 is 1.43 bits per heavy atom. The SMILES string of the molecule is CCC1CCC(C(N)C(=O)O)CC1.Cl. The van der Waals surface area contributed by atoms with Crippen LogP contribution in [0.5, 0.6) is 0 Å². The van der Waals surface area contributed by atoms with Gasteiger partial charge >= 0.3 is 5.97 Å². The Balaban J connectivity index is 0.00000169. The van der Waals surface area contributed by atoms with Crippen molar-refractivity contribution in [2.24, 2.45) is 17.6 Å². The number of rotatable bonds is 3. The van der Waals surface area contributed by atoms with Crippen LogP contribution in [0.4, 0.5) is 0 Å². The van der Waals surface area contributed by atoms with Crippen LogP contribution >= 0.6 is 12.4 Å². The maximum atomic E-state index is 10.6. The zero-order valence-corrected chi connectivity index (χ0v) is 9.43. The van der Waals surface area contributed by atoms with Crippen molar-refractivity contribution in [1.82, 2.24) is 0 Å². The van der Waals surface area contributed by atoms with Gasteiger partial charge in [-0.15, -0.1) is 12.4 Å². The maximum absolute atomic E-state index is 10.6. The topological polar surface area (TPSA) is 63.3 Å². The summed E-state index contributed by atoms with van der Waals surface area (Å²) in [5, 5.41) is 8.73. The molecule has 0 saturated heterocycles. The smallest absolute Gasteiger partial charge is 0.320 e. The van der Waals surface area contributed by atoms with Crippen molar-refractivity contribution in [3.63, 3.8) is 0 Å². The summed E-state index contributed by atoms with van der Waals surface area (Å²) in [7, 11) is 0. The van der Waals surface area contributed by atoms with Crippen molar-refractivity contribution in [2.45, 2.75) is 45.1 Å². The third-order valence-corrected chi connectivity index (χ3v) is 3.26. The summed E-state index contributed by atoms with van der Waals surface area (Å²) < 4.78 is 0. The minimum absolute atomic E-state index is 0. The quantitative estimate of drug-likeness (QED) is 0.767. The van der Waals surface area contributed by atoms with Crippen LogP contribution < -0.4 is 5.73 Å². The molecule has 1 aliphatic carbocycles. The first-order chi connectivity index (χ1) is 6.15. The molecular formula is C10H20ClNO2. The Labute approximate surface area is 91.5 Å². The van der Waals surface area contributed by atoms with Gasteiger partial charge in [0.05, 0.1) is 0 Å². The predicted molar refractivity (Wildman–Crippen MR) is 58.6 cm³/mol. The highest BCUT2D eigenvalue weighted by molar-refractivity contribution is 5.85. The van der Waals surface area contributed by atoms with Gasteiger partial charge in [0.2, 0.25) is 0 Å². The van der Waals surface area contributed by atoms with E-state index in [4.69, 9.17) is 10.8 Å². The van der Waals surface area contributed by atoms with Crippen LogP contribution in [-0.2, 0) is 4.79 Å².